The fourth-order valence-electron chi connectivity index (χ4n) is 1.46. The van der Waals surface area contributed by atoms with Gasteiger partial charge in [-0.25, -0.2) is 0 Å². The van der Waals surface area contributed by atoms with Crippen molar-refractivity contribution in [2.24, 2.45) is 0 Å². The van der Waals surface area contributed by atoms with Crippen molar-refractivity contribution in [3.8, 4) is 0 Å². The number of nitrogens with zero attached hydrogens (tertiary/aromatic N) is 1. The van der Waals surface area contributed by atoms with Crippen molar-refractivity contribution in [2.75, 3.05) is 25.1 Å². The number of aliphatic hydroxyl groups excluding tert-OH is 1. The van der Waals surface area contributed by atoms with Gasteiger partial charge < -0.3 is 14.7 Å². The SMILES string of the molecule is CC(C)OCCN(C)c1ccc(CO)c(Br)c1. The zero-order valence-electron chi connectivity index (χ0n) is 10.6. The van der Waals surface area contributed by atoms with Crippen molar-refractivity contribution in [1.29, 1.82) is 0 Å². The van der Waals surface area contributed by atoms with Gasteiger partial charge in [0.25, 0.3) is 0 Å². The summed E-state index contributed by atoms with van der Waals surface area (Å²) < 4.78 is 6.45. The highest BCUT2D eigenvalue weighted by atomic mass is 79.9. The van der Waals surface area contributed by atoms with Gasteiger partial charge in [0, 0.05) is 23.8 Å². The van der Waals surface area contributed by atoms with E-state index in [4.69, 9.17) is 9.84 Å². The summed E-state index contributed by atoms with van der Waals surface area (Å²) in [7, 11) is 2.03. The number of rotatable bonds is 6. The lowest BCUT2D eigenvalue weighted by Crippen LogP contribution is -2.23. The lowest BCUT2D eigenvalue weighted by Gasteiger charge is -2.20. The molecule has 0 atom stereocenters. The third-order valence-corrected chi connectivity index (χ3v) is 3.26. The van der Waals surface area contributed by atoms with Crippen LogP contribution >= 0.6 is 15.9 Å². The van der Waals surface area contributed by atoms with E-state index in [0.717, 1.165) is 22.3 Å². The third kappa shape index (κ3) is 4.66. The van der Waals surface area contributed by atoms with Crippen LogP contribution in [0.5, 0.6) is 0 Å². The maximum atomic E-state index is 9.09. The molecule has 0 aliphatic rings. The molecule has 0 aromatic heterocycles. The molecule has 4 heteroatoms. The van der Waals surface area contributed by atoms with Gasteiger partial charge in [-0.3, -0.25) is 0 Å². The van der Waals surface area contributed by atoms with Crippen molar-refractivity contribution in [3.63, 3.8) is 0 Å². The molecule has 3 nitrogen and oxygen atoms in total. The van der Waals surface area contributed by atoms with E-state index in [1.165, 1.54) is 0 Å². The number of halogens is 1. The van der Waals surface area contributed by atoms with Gasteiger partial charge in [-0.2, -0.15) is 0 Å². The van der Waals surface area contributed by atoms with Gasteiger partial charge in [-0.15, -0.1) is 0 Å². The quantitative estimate of drug-likeness (QED) is 0.877. The van der Waals surface area contributed by atoms with Gasteiger partial charge in [-0.1, -0.05) is 22.0 Å². The molecule has 0 saturated heterocycles. The van der Waals surface area contributed by atoms with Crippen molar-refractivity contribution in [3.05, 3.63) is 28.2 Å². The number of benzene rings is 1. The predicted octanol–water partition coefficient (Wildman–Crippen LogP) is 2.80. The normalized spacial score (nSPS) is 10.9. The largest absolute Gasteiger partial charge is 0.392 e. The second-order valence-corrected chi connectivity index (χ2v) is 5.13. The molecule has 0 heterocycles. The van der Waals surface area contributed by atoms with E-state index in [9.17, 15) is 0 Å². The molecular weight excluding hydrogens is 282 g/mol. The smallest absolute Gasteiger partial charge is 0.0692 e. The van der Waals surface area contributed by atoms with Crippen LogP contribution in [0.2, 0.25) is 0 Å². The summed E-state index contributed by atoms with van der Waals surface area (Å²) in [6.45, 7) is 5.69. The first-order valence-electron chi connectivity index (χ1n) is 5.76. The van der Waals surface area contributed by atoms with Gasteiger partial charge >= 0.3 is 0 Å². The topological polar surface area (TPSA) is 32.7 Å². The van der Waals surface area contributed by atoms with Crippen LogP contribution < -0.4 is 4.90 Å². The fourth-order valence-corrected chi connectivity index (χ4v) is 1.95. The Morgan fingerprint density at radius 1 is 1.41 bits per heavy atom. The molecule has 0 bridgehead atoms. The van der Waals surface area contributed by atoms with E-state index in [-0.39, 0.29) is 12.7 Å². The molecule has 96 valence electrons. The number of ether oxygens (including phenoxy) is 1. The molecule has 1 aromatic rings. The first-order valence-corrected chi connectivity index (χ1v) is 6.56. The van der Waals surface area contributed by atoms with Crippen molar-refractivity contribution >= 4 is 21.6 Å². The Balaban J connectivity index is 2.57. The molecule has 17 heavy (non-hydrogen) atoms. The summed E-state index contributed by atoms with van der Waals surface area (Å²) in [5.41, 5.74) is 2.02. The van der Waals surface area contributed by atoms with Crippen LogP contribution in [-0.4, -0.2) is 31.4 Å². The first kappa shape index (κ1) is 14.5. The molecule has 0 saturated carbocycles. The average molecular weight is 302 g/mol. The summed E-state index contributed by atoms with van der Waals surface area (Å²) in [4.78, 5) is 2.13. The molecule has 1 rings (SSSR count). The summed E-state index contributed by atoms with van der Waals surface area (Å²) in [5, 5.41) is 9.09. The minimum atomic E-state index is 0.0566. The Bertz CT molecular complexity index is 355. The summed E-state index contributed by atoms with van der Waals surface area (Å²) in [6, 6.07) is 5.95. The third-order valence-electron chi connectivity index (χ3n) is 2.53. The van der Waals surface area contributed by atoms with Gasteiger partial charge in [0.2, 0.25) is 0 Å². The molecule has 0 unspecified atom stereocenters. The van der Waals surface area contributed by atoms with E-state index < -0.39 is 0 Å². The van der Waals surface area contributed by atoms with Gasteiger partial charge in [0.1, 0.15) is 0 Å². The molecular formula is C13H20BrNO2. The standard InChI is InChI=1S/C13H20BrNO2/c1-10(2)17-7-6-15(3)12-5-4-11(9-16)13(14)8-12/h4-5,8,10,16H,6-7,9H2,1-3H3. The molecule has 1 N–H and O–H groups in total. The summed E-state index contributed by atoms with van der Waals surface area (Å²) >= 11 is 3.45. The highest BCUT2D eigenvalue weighted by molar-refractivity contribution is 9.10. The van der Waals surface area contributed by atoms with Crippen LogP contribution in [0.25, 0.3) is 0 Å². The van der Waals surface area contributed by atoms with Crippen LogP contribution in [0, 0.1) is 0 Å². The number of likely N-dealkylation sites (N-methyl/N-ethyl adjacent to an activating group) is 1. The van der Waals surface area contributed by atoms with E-state index in [0.29, 0.717) is 6.61 Å². The van der Waals surface area contributed by atoms with Crippen molar-refractivity contribution < 1.29 is 9.84 Å². The van der Waals surface area contributed by atoms with Crippen LogP contribution in [-0.2, 0) is 11.3 Å². The monoisotopic (exact) mass is 301 g/mol. The molecule has 0 fully saturated rings. The Morgan fingerprint density at radius 3 is 2.65 bits per heavy atom. The molecule has 0 radical (unpaired) electrons. The van der Waals surface area contributed by atoms with E-state index >= 15 is 0 Å². The summed E-state index contributed by atoms with van der Waals surface area (Å²) in [6.07, 6.45) is 0.270. The Morgan fingerprint density at radius 2 is 2.12 bits per heavy atom. The van der Waals surface area contributed by atoms with Gasteiger partial charge in [0.05, 0.1) is 19.3 Å². The maximum Gasteiger partial charge on any atom is 0.0692 e. The highest BCUT2D eigenvalue weighted by Gasteiger charge is 2.05. The Hall–Kier alpha value is -0.580. The summed E-state index contributed by atoms with van der Waals surface area (Å²) in [5.74, 6) is 0. The van der Waals surface area contributed by atoms with Gasteiger partial charge in [-0.05, 0) is 31.5 Å². The maximum absolute atomic E-state index is 9.09. The minimum Gasteiger partial charge on any atom is -0.392 e. The Labute approximate surface area is 112 Å². The zero-order chi connectivity index (χ0) is 12.8. The number of anilines is 1. The van der Waals surface area contributed by atoms with Crippen LogP contribution in [0.15, 0.2) is 22.7 Å². The second kappa shape index (κ2) is 6.99. The number of aliphatic hydroxyl groups is 1. The average Bonchev–Trinajstić information content (AvgIpc) is 2.28. The van der Waals surface area contributed by atoms with E-state index in [2.05, 4.69) is 20.8 Å². The van der Waals surface area contributed by atoms with Crippen LogP contribution in [0.1, 0.15) is 19.4 Å². The predicted molar refractivity (Wildman–Crippen MR) is 74.4 cm³/mol. The lowest BCUT2D eigenvalue weighted by atomic mass is 10.2. The van der Waals surface area contributed by atoms with E-state index in [1.807, 2.05) is 39.1 Å². The molecule has 0 aliphatic carbocycles. The molecule has 0 spiro atoms. The fraction of sp³-hybridized carbons (Fsp3) is 0.538. The number of hydrogen-bond acceptors (Lipinski definition) is 3. The molecule has 0 amide bonds. The molecule has 0 aliphatic heterocycles. The lowest BCUT2D eigenvalue weighted by molar-refractivity contribution is 0.0846. The first-order chi connectivity index (χ1) is 8.04. The van der Waals surface area contributed by atoms with Crippen LogP contribution in [0.3, 0.4) is 0 Å². The minimum absolute atomic E-state index is 0.0566. The highest BCUT2D eigenvalue weighted by Crippen LogP contribution is 2.23. The zero-order valence-corrected chi connectivity index (χ0v) is 12.2. The van der Waals surface area contributed by atoms with Crippen molar-refractivity contribution in [2.45, 2.75) is 26.6 Å². The van der Waals surface area contributed by atoms with Crippen LogP contribution in [0.4, 0.5) is 5.69 Å². The van der Waals surface area contributed by atoms with Gasteiger partial charge in [0.15, 0.2) is 0 Å². The van der Waals surface area contributed by atoms with Crippen molar-refractivity contribution in [1.82, 2.24) is 0 Å². The Kier molecular flexibility index (Phi) is 5.95. The second-order valence-electron chi connectivity index (χ2n) is 4.27. The molecule has 1 aromatic carbocycles. The van der Waals surface area contributed by atoms with E-state index in [1.54, 1.807) is 0 Å². The number of hydrogen-bond donors (Lipinski definition) is 1.